The summed E-state index contributed by atoms with van der Waals surface area (Å²) in [5.41, 5.74) is 3.20. The Bertz CT molecular complexity index is 699. The van der Waals surface area contributed by atoms with Gasteiger partial charge >= 0.3 is 0 Å². The van der Waals surface area contributed by atoms with Gasteiger partial charge in [-0.3, -0.25) is 9.89 Å². The lowest BCUT2D eigenvalue weighted by Crippen LogP contribution is -2.31. The molecule has 1 atom stereocenters. The van der Waals surface area contributed by atoms with Gasteiger partial charge in [-0.05, 0) is 56.3 Å². The molecule has 1 amide bonds. The number of aromatic amines is 1. The number of amides is 1. The number of nitrogens with one attached hydrogen (secondary N) is 3. The molecule has 0 bridgehead atoms. The number of hydrogen-bond acceptors (Lipinski definition) is 3. The van der Waals surface area contributed by atoms with Crippen LogP contribution in [-0.4, -0.2) is 29.2 Å². The summed E-state index contributed by atoms with van der Waals surface area (Å²) >= 11 is 0. The molecule has 1 saturated heterocycles. The summed E-state index contributed by atoms with van der Waals surface area (Å²) in [7, 11) is 0. The first kappa shape index (κ1) is 12.8. The van der Waals surface area contributed by atoms with Gasteiger partial charge in [-0.15, -0.1) is 0 Å². The second kappa shape index (κ2) is 4.56. The average molecular weight is 284 g/mol. The zero-order valence-corrected chi connectivity index (χ0v) is 12.2. The van der Waals surface area contributed by atoms with Crippen LogP contribution in [0.4, 0.5) is 5.69 Å². The SMILES string of the molecule is Cc1ccc(NC(=O)C2CC23CCNCC3)c2[nH]ncc12. The van der Waals surface area contributed by atoms with E-state index in [4.69, 9.17) is 0 Å². The Hall–Kier alpha value is -1.88. The number of rotatable bonds is 2. The number of benzene rings is 1. The molecule has 5 heteroatoms. The van der Waals surface area contributed by atoms with Crippen LogP contribution in [0, 0.1) is 18.3 Å². The highest BCUT2D eigenvalue weighted by atomic mass is 16.2. The number of anilines is 1. The van der Waals surface area contributed by atoms with Gasteiger partial charge in [0.05, 0.1) is 17.4 Å². The lowest BCUT2D eigenvalue weighted by atomic mass is 9.92. The summed E-state index contributed by atoms with van der Waals surface area (Å²) in [6.45, 7) is 4.13. The van der Waals surface area contributed by atoms with Crippen LogP contribution in [-0.2, 0) is 4.79 Å². The van der Waals surface area contributed by atoms with E-state index in [0.717, 1.165) is 54.5 Å². The second-order valence-corrected chi connectivity index (χ2v) is 6.45. The van der Waals surface area contributed by atoms with Crippen molar-refractivity contribution in [2.45, 2.75) is 26.2 Å². The van der Waals surface area contributed by atoms with E-state index in [2.05, 4.69) is 20.8 Å². The van der Waals surface area contributed by atoms with Crippen LogP contribution < -0.4 is 10.6 Å². The fourth-order valence-electron chi connectivity index (χ4n) is 3.69. The van der Waals surface area contributed by atoms with Crippen LogP contribution in [0.3, 0.4) is 0 Å². The molecule has 3 N–H and O–H groups in total. The van der Waals surface area contributed by atoms with Gasteiger partial charge in [0.25, 0.3) is 0 Å². The molecule has 1 aliphatic carbocycles. The first-order valence-electron chi connectivity index (χ1n) is 7.64. The summed E-state index contributed by atoms with van der Waals surface area (Å²) in [6, 6.07) is 3.99. The summed E-state index contributed by atoms with van der Waals surface area (Å²) in [6.07, 6.45) is 5.10. The second-order valence-electron chi connectivity index (χ2n) is 6.45. The Labute approximate surface area is 123 Å². The zero-order valence-electron chi connectivity index (χ0n) is 12.2. The number of piperidine rings is 1. The van der Waals surface area contributed by atoms with Crippen LogP contribution in [0.5, 0.6) is 0 Å². The van der Waals surface area contributed by atoms with Gasteiger partial charge < -0.3 is 10.6 Å². The minimum atomic E-state index is 0.164. The van der Waals surface area contributed by atoms with Crippen LogP contribution >= 0.6 is 0 Å². The molecule has 1 aromatic carbocycles. The molecule has 5 nitrogen and oxygen atoms in total. The van der Waals surface area contributed by atoms with Crippen LogP contribution in [0.1, 0.15) is 24.8 Å². The Balaban J connectivity index is 1.54. The quantitative estimate of drug-likeness (QED) is 0.792. The molecule has 21 heavy (non-hydrogen) atoms. The molecular formula is C16H20N4O. The third-order valence-corrected chi connectivity index (χ3v) is 5.20. The highest BCUT2D eigenvalue weighted by Gasteiger charge is 2.57. The maximum absolute atomic E-state index is 12.5. The van der Waals surface area contributed by atoms with Crippen LogP contribution in [0.15, 0.2) is 18.3 Å². The fraction of sp³-hybridized carbons (Fsp3) is 0.500. The largest absolute Gasteiger partial charge is 0.324 e. The first-order valence-corrected chi connectivity index (χ1v) is 7.64. The summed E-state index contributed by atoms with van der Waals surface area (Å²) < 4.78 is 0. The molecule has 2 aliphatic rings. The van der Waals surface area contributed by atoms with Gasteiger partial charge in [-0.2, -0.15) is 5.10 Å². The van der Waals surface area contributed by atoms with Gasteiger partial charge in [0.1, 0.15) is 0 Å². The zero-order chi connectivity index (χ0) is 14.4. The van der Waals surface area contributed by atoms with E-state index in [1.54, 1.807) is 0 Å². The summed E-state index contributed by atoms with van der Waals surface area (Å²) in [5, 5.41) is 14.6. The Kier molecular flexibility index (Phi) is 2.79. The highest BCUT2D eigenvalue weighted by molar-refractivity contribution is 6.03. The third-order valence-electron chi connectivity index (χ3n) is 5.20. The molecule has 1 unspecified atom stereocenters. The molecule has 0 radical (unpaired) electrons. The van der Waals surface area contributed by atoms with Crippen molar-refractivity contribution in [3.05, 3.63) is 23.9 Å². The van der Waals surface area contributed by atoms with Gasteiger partial charge in [-0.1, -0.05) is 6.07 Å². The average Bonchev–Trinajstić information content (AvgIpc) is 2.97. The number of hydrogen-bond donors (Lipinski definition) is 3. The monoisotopic (exact) mass is 284 g/mol. The van der Waals surface area contributed by atoms with Gasteiger partial charge in [0.15, 0.2) is 0 Å². The topological polar surface area (TPSA) is 69.8 Å². The van der Waals surface area contributed by atoms with Crippen molar-refractivity contribution in [2.24, 2.45) is 11.3 Å². The molecule has 1 aliphatic heterocycles. The number of nitrogens with zero attached hydrogens (tertiary/aromatic N) is 1. The fourth-order valence-corrected chi connectivity index (χ4v) is 3.69. The number of aromatic nitrogens is 2. The Morgan fingerprint density at radius 1 is 1.38 bits per heavy atom. The van der Waals surface area contributed by atoms with E-state index in [-0.39, 0.29) is 17.2 Å². The predicted molar refractivity (Wildman–Crippen MR) is 82.1 cm³/mol. The van der Waals surface area contributed by atoms with E-state index >= 15 is 0 Å². The third kappa shape index (κ3) is 2.03. The minimum Gasteiger partial charge on any atom is -0.324 e. The number of fused-ring (bicyclic) bond motifs is 1. The predicted octanol–water partition coefficient (Wildman–Crippen LogP) is 2.20. The lowest BCUT2D eigenvalue weighted by Gasteiger charge is -2.23. The van der Waals surface area contributed by atoms with E-state index in [0.29, 0.717) is 0 Å². The molecule has 1 spiro atoms. The van der Waals surface area contributed by atoms with Gasteiger partial charge in [0, 0.05) is 11.3 Å². The number of H-pyrrole nitrogens is 1. The van der Waals surface area contributed by atoms with Crippen molar-refractivity contribution in [2.75, 3.05) is 18.4 Å². The van der Waals surface area contributed by atoms with Crippen LogP contribution in [0.2, 0.25) is 0 Å². The summed E-state index contributed by atoms with van der Waals surface area (Å²) in [4.78, 5) is 12.5. The van der Waals surface area contributed by atoms with Crippen molar-refractivity contribution in [1.29, 1.82) is 0 Å². The normalized spacial score (nSPS) is 23.4. The van der Waals surface area contributed by atoms with Crippen molar-refractivity contribution in [1.82, 2.24) is 15.5 Å². The van der Waals surface area contributed by atoms with Gasteiger partial charge in [0.2, 0.25) is 5.91 Å². The van der Waals surface area contributed by atoms with Crippen molar-refractivity contribution in [3.8, 4) is 0 Å². The smallest absolute Gasteiger partial charge is 0.228 e. The van der Waals surface area contributed by atoms with Crippen molar-refractivity contribution in [3.63, 3.8) is 0 Å². The highest BCUT2D eigenvalue weighted by Crippen LogP contribution is 2.58. The minimum absolute atomic E-state index is 0.164. The molecule has 2 aromatic rings. The maximum atomic E-state index is 12.5. The van der Waals surface area contributed by atoms with Crippen molar-refractivity contribution < 1.29 is 4.79 Å². The Morgan fingerprint density at radius 2 is 2.19 bits per heavy atom. The Morgan fingerprint density at radius 3 is 3.00 bits per heavy atom. The van der Waals surface area contributed by atoms with E-state index in [1.807, 2.05) is 25.3 Å². The molecule has 1 saturated carbocycles. The van der Waals surface area contributed by atoms with E-state index in [1.165, 1.54) is 0 Å². The molecule has 2 heterocycles. The molecule has 2 fully saturated rings. The maximum Gasteiger partial charge on any atom is 0.228 e. The number of aryl methyl sites for hydroxylation is 1. The molecule has 4 rings (SSSR count). The molecular weight excluding hydrogens is 264 g/mol. The van der Waals surface area contributed by atoms with Crippen LogP contribution in [0.25, 0.3) is 10.9 Å². The van der Waals surface area contributed by atoms with E-state index in [9.17, 15) is 4.79 Å². The van der Waals surface area contributed by atoms with Gasteiger partial charge in [-0.25, -0.2) is 0 Å². The van der Waals surface area contributed by atoms with Crippen molar-refractivity contribution >= 4 is 22.5 Å². The number of carbonyl (C=O) groups excluding carboxylic acids is 1. The first-order chi connectivity index (χ1) is 10.2. The van der Waals surface area contributed by atoms with E-state index < -0.39 is 0 Å². The standard InChI is InChI=1S/C16H20N4O/c1-10-2-3-13(14-11(10)9-18-20-14)19-15(21)12-8-16(12)4-6-17-7-5-16/h2-3,9,12,17H,4-8H2,1H3,(H,18,20)(H,19,21). The molecule has 1 aromatic heterocycles. The summed E-state index contributed by atoms with van der Waals surface area (Å²) in [5.74, 6) is 0.343. The number of carbonyl (C=O) groups is 1. The molecule has 110 valence electrons. The lowest BCUT2D eigenvalue weighted by molar-refractivity contribution is -0.118.